The van der Waals surface area contributed by atoms with Gasteiger partial charge in [-0.15, -0.1) is 0 Å². The summed E-state index contributed by atoms with van der Waals surface area (Å²) < 4.78 is 9.62. The minimum atomic E-state index is -0.670. The monoisotopic (exact) mass is 264 g/mol. The Bertz CT molecular complexity index is 465. The fourth-order valence-electron chi connectivity index (χ4n) is 1.22. The van der Waals surface area contributed by atoms with Gasteiger partial charge >= 0.3 is 11.9 Å². The maximum atomic E-state index is 11.3. The van der Waals surface area contributed by atoms with Crippen LogP contribution in [0.1, 0.15) is 18.9 Å². The fraction of sp³-hybridized carbons (Fsp3) is 0.286. The molecule has 0 saturated heterocycles. The predicted octanol–water partition coefficient (Wildman–Crippen LogP) is 1.94. The fourth-order valence-corrected chi connectivity index (χ4v) is 1.22. The van der Waals surface area contributed by atoms with Crippen LogP contribution >= 0.6 is 0 Å². The summed E-state index contributed by atoms with van der Waals surface area (Å²) in [5.74, 6) is -1.19. The summed E-state index contributed by atoms with van der Waals surface area (Å²) in [6.07, 6.45) is 2.73. The number of hydrogen-bond acceptors (Lipinski definition) is 5. The van der Waals surface area contributed by atoms with Gasteiger partial charge in [0.15, 0.2) is 0 Å². The molecular weight excluding hydrogens is 248 g/mol. The van der Waals surface area contributed by atoms with E-state index in [9.17, 15) is 14.7 Å². The summed E-state index contributed by atoms with van der Waals surface area (Å²) in [6.45, 7) is 2.13. The van der Waals surface area contributed by atoms with Crippen molar-refractivity contribution in [3.63, 3.8) is 0 Å². The maximum Gasteiger partial charge on any atom is 0.331 e. The molecule has 0 heterocycles. The number of benzene rings is 1. The molecule has 0 unspecified atom stereocenters. The number of aromatic hydroxyl groups is 1. The van der Waals surface area contributed by atoms with Gasteiger partial charge in [0.2, 0.25) is 0 Å². The maximum absolute atomic E-state index is 11.3. The third kappa shape index (κ3) is 5.72. The zero-order valence-corrected chi connectivity index (χ0v) is 10.7. The van der Waals surface area contributed by atoms with E-state index in [1.165, 1.54) is 6.07 Å². The molecule has 0 fully saturated rings. The van der Waals surface area contributed by atoms with E-state index in [1.54, 1.807) is 18.2 Å². The number of hydrogen-bond donors (Lipinski definition) is 1. The van der Waals surface area contributed by atoms with Gasteiger partial charge in [0.05, 0.1) is 6.61 Å². The summed E-state index contributed by atoms with van der Waals surface area (Å²) in [5.41, 5.74) is 0.498. The van der Waals surface area contributed by atoms with Gasteiger partial charge in [-0.2, -0.15) is 0 Å². The number of ether oxygens (including phenoxy) is 2. The van der Waals surface area contributed by atoms with E-state index in [2.05, 4.69) is 0 Å². The molecule has 0 amide bonds. The standard InChI is InChI=1S/C14H16O5/c1-2-9-18-13(16)7-8-14(17)19-10-11-5-3-4-6-12(11)15/h3-8,15H,2,9-10H2,1H3/b8-7+. The van der Waals surface area contributed by atoms with Crippen LogP contribution in [0.5, 0.6) is 5.75 Å². The van der Waals surface area contributed by atoms with E-state index in [0.717, 1.165) is 18.6 Å². The van der Waals surface area contributed by atoms with Crippen LogP contribution in [0.3, 0.4) is 0 Å². The van der Waals surface area contributed by atoms with Crippen LogP contribution < -0.4 is 0 Å². The zero-order chi connectivity index (χ0) is 14.1. The first-order valence-electron chi connectivity index (χ1n) is 5.92. The Morgan fingerprint density at radius 3 is 2.42 bits per heavy atom. The van der Waals surface area contributed by atoms with Gasteiger partial charge in [-0.25, -0.2) is 9.59 Å². The van der Waals surface area contributed by atoms with Crippen LogP contribution in [0, 0.1) is 0 Å². The number of phenolic OH excluding ortho intramolecular Hbond substituents is 1. The molecule has 0 spiro atoms. The quantitative estimate of drug-likeness (QED) is 0.628. The van der Waals surface area contributed by atoms with Crippen molar-refractivity contribution < 1.29 is 24.2 Å². The van der Waals surface area contributed by atoms with Crippen molar-refractivity contribution in [1.82, 2.24) is 0 Å². The van der Waals surface area contributed by atoms with Crippen molar-refractivity contribution in [2.24, 2.45) is 0 Å². The van der Waals surface area contributed by atoms with Gasteiger partial charge in [-0.3, -0.25) is 0 Å². The molecule has 1 rings (SSSR count). The number of carbonyl (C=O) groups excluding carboxylic acids is 2. The van der Waals surface area contributed by atoms with E-state index < -0.39 is 11.9 Å². The van der Waals surface area contributed by atoms with Gasteiger partial charge < -0.3 is 14.6 Å². The van der Waals surface area contributed by atoms with E-state index in [0.29, 0.717) is 12.2 Å². The van der Waals surface area contributed by atoms with Crippen LogP contribution in [0.4, 0.5) is 0 Å². The highest BCUT2D eigenvalue weighted by atomic mass is 16.5. The molecule has 5 nitrogen and oxygen atoms in total. The van der Waals surface area contributed by atoms with E-state index in [1.807, 2.05) is 6.92 Å². The van der Waals surface area contributed by atoms with Gasteiger partial charge in [-0.1, -0.05) is 25.1 Å². The first-order chi connectivity index (χ1) is 9.13. The third-order valence-corrected chi connectivity index (χ3v) is 2.17. The van der Waals surface area contributed by atoms with Gasteiger partial charge in [0.1, 0.15) is 12.4 Å². The van der Waals surface area contributed by atoms with Crippen molar-refractivity contribution >= 4 is 11.9 Å². The molecule has 0 aliphatic heterocycles. The van der Waals surface area contributed by atoms with E-state index in [-0.39, 0.29) is 12.4 Å². The molecule has 1 aromatic rings. The molecule has 0 saturated carbocycles. The summed E-state index contributed by atoms with van der Waals surface area (Å²) in [6, 6.07) is 6.54. The molecule has 1 aromatic carbocycles. The lowest BCUT2D eigenvalue weighted by molar-refractivity contribution is -0.141. The van der Waals surface area contributed by atoms with E-state index >= 15 is 0 Å². The Balaban J connectivity index is 2.38. The van der Waals surface area contributed by atoms with Crippen molar-refractivity contribution in [1.29, 1.82) is 0 Å². The smallest absolute Gasteiger partial charge is 0.331 e. The summed E-state index contributed by atoms with van der Waals surface area (Å²) >= 11 is 0. The molecule has 0 atom stereocenters. The molecule has 5 heteroatoms. The largest absolute Gasteiger partial charge is 0.508 e. The highest BCUT2D eigenvalue weighted by Crippen LogP contribution is 2.16. The molecule has 19 heavy (non-hydrogen) atoms. The first kappa shape index (κ1) is 14.8. The summed E-state index contributed by atoms with van der Waals surface area (Å²) in [7, 11) is 0. The number of esters is 2. The normalized spacial score (nSPS) is 10.4. The molecular formula is C14H16O5. The highest BCUT2D eigenvalue weighted by Gasteiger charge is 2.04. The molecule has 0 aromatic heterocycles. The van der Waals surface area contributed by atoms with Crippen molar-refractivity contribution in [3.05, 3.63) is 42.0 Å². The Kier molecular flexibility index (Phi) is 6.15. The molecule has 1 N–H and O–H groups in total. The van der Waals surface area contributed by atoms with Crippen molar-refractivity contribution in [3.8, 4) is 5.75 Å². The Morgan fingerprint density at radius 1 is 1.16 bits per heavy atom. The van der Waals surface area contributed by atoms with Crippen LogP contribution in [-0.2, 0) is 25.7 Å². The Hall–Kier alpha value is -2.30. The minimum Gasteiger partial charge on any atom is -0.508 e. The summed E-state index contributed by atoms with van der Waals surface area (Å²) in [4.78, 5) is 22.4. The number of rotatable bonds is 6. The van der Waals surface area contributed by atoms with Gasteiger partial charge in [-0.05, 0) is 12.5 Å². The number of carbonyl (C=O) groups is 2. The minimum absolute atomic E-state index is 0.0557. The van der Waals surface area contributed by atoms with Crippen molar-refractivity contribution in [2.45, 2.75) is 20.0 Å². The molecule has 0 aliphatic carbocycles. The average molecular weight is 264 g/mol. The highest BCUT2D eigenvalue weighted by molar-refractivity contribution is 5.91. The van der Waals surface area contributed by atoms with Crippen LogP contribution in [0.2, 0.25) is 0 Å². The zero-order valence-electron chi connectivity index (χ0n) is 10.7. The number of para-hydroxylation sites is 1. The second kappa shape index (κ2) is 7.92. The van der Waals surface area contributed by atoms with Crippen molar-refractivity contribution in [2.75, 3.05) is 6.61 Å². The first-order valence-corrected chi connectivity index (χ1v) is 5.92. The SMILES string of the molecule is CCCOC(=O)/C=C/C(=O)OCc1ccccc1O. The lowest BCUT2D eigenvalue weighted by Crippen LogP contribution is -2.05. The molecule has 102 valence electrons. The molecule has 0 radical (unpaired) electrons. The number of phenols is 1. The average Bonchev–Trinajstić information content (AvgIpc) is 2.42. The lowest BCUT2D eigenvalue weighted by Gasteiger charge is -2.04. The lowest BCUT2D eigenvalue weighted by atomic mass is 10.2. The third-order valence-electron chi connectivity index (χ3n) is 2.17. The van der Waals surface area contributed by atoms with E-state index in [4.69, 9.17) is 9.47 Å². The molecule has 0 bridgehead atoms. The van der Waals surface area contributed by atoms with Crippen LogP contribution in [0.25, 0.3) is 0 Å². The Morgan fingerprint density at radius 2 is 1.79 bits per heavy atom. The van der Waals surface area contributed by atoms with Gasteiger partial charge in [0, 0.05) is 17.7 Å². The second-order valence-corrected chi connectivity index (χ2v) is 3.74. The van der Waals surface area contributed by atoms with Crippen LogP contribution in [0.15, 0.2) is 36.4 Å². The Labute approximate surface area is 111 Å². The second-order valence-electron chi connectivity index (χ2n) is 3.74. The summed E-state index contributed by atoms with van der Waals surface area (Å²) in [5, 5.41) is 9.46. The topological polar surface area (TPSA) is 72.8 Å². The predicted molar refractivity (Wildman–Crippen MR) is 68.3 cm³/mol. The molecule has 0 aliphatic rings. The van der Waals surface area contributed by atoms with Gasteiger partial charge in [0.25, 0.3) is 0 Å². The van der Waals surface area contributed by atoms with Crippen LogP contribution in [-0.4, -0.2) is 23.7 Å².